The lowest BCUT2D eigenvalue weighted by molar-refractivity contribution is -0.0607. The van der Waals surface area contributed by atoms with Gasteiger partial charge in [0.25, 0.3) is 11.5 Å². The van der Waals surface area contributed by atoms with Crippen LogP contribution in [0.3, 0.4) is 0 Å². The fourth-order valence-electron chi connectivity index (χ4n) is 5.06. The summed E-state index contributed by atoms with van der Waals surface area (Å²) in [5.74, 6) is -0.941. The number of piperidine rings is 1. The molecule has 2 aromatic carbocycles. The van der Waals surface area contributed by atoms with Gasteiger partial charge in [-0.1, -0.05) is 29.5 Å². The Balaban J connectivity index is 1.28. The van der Waals surface area contributed by atoms with Crippen LogP contribution in [0.4, 0.5) is 4.39 Å². The maximum Gasteiger partial charge on any atom is 0.272 e. The van der Waals surface area contributed by atoms with Gasteiger partial charge in [-0.25, -0.2) is 14.2 Å². The van der Waals surface area contributed by atoms with Crippen molar-refractivity contribution >= 4 is 16.7 Å². The molecule has 6 rings (SSSR count). The van der Waals surface area contributed by atoms with Crippen molar-refractivity contribution in [1.82, 2.24) is 30.1 Å². The highest BCUT2D eigenvalue weighted by Crippen LogP contribution is 2.32. The molecule has 1 fully saturated rings. The first-order valence-electron chi connectivity index (χ1n) is 11.6. The zero-order valence-corrected chi connectivity index (χ0v) is 19.1. The highest BCUT2D eigenvalue weighted by atomic mass is 19.1. The number of aromatic amines is 1. The maximum atomic E-state index is 14.8. The molecule has 0 aliphatic carbocycles. The van der Waals surface area contributed by atoms with Crippen LogP contribution in [0.1, 0.15) is 45.5 Å². The highest BCUT2D eigenvalue weighted by Gasteiger charge is 2.39. The van der Waals surface area contributed by atoms with Crippen molar-refractivity contribution in [1.29, 1.82) is 0 Å². The van der Waals surface area contributed by atoms with E-state index in [2.05, 4.69) is 20.5 Å². The van der Waals surface area contributed by atoms with E-state index in [1.807, 2.05) is 23.7 Å². The number of H-pyrrole nitrogens is 1. The van der Waals surface area contributed by atoms with Gasteiger partial charge in [-0.05, 0) is 37.1 Å². The van der Waals surface area contributed by atoms with Gasteiger partial charge < -0.3 is 9.64 Å². The molecule has 4 heterocycles. The summed E-state index contributed by atoms with van der Waals surface area (Å²) >= 11 is 0. The number of nitrogens with one attached hydrogen (secondary N) is 1. The molecule has 35 heavy (non-hydrogen) atoms. The van der Waals surface area contributed by atoms with Crippen molar-refractivity contribution in [2.24, 2.45) is 0 Å². The Morgan fingerprint density at radius 1 is 1.23 bits per heavy atom. The summed E-state index contributed by atoms with van der Waals surface area (Å²) in [6, 6.07) is 11.6. The van der Waals surface area contributed by atoms with Crippen LogP contribution in [0.25, 0.3) is 10.8 Å². The number of ether oxygens (including phenoxy) is 1. The number of aryl methyl sites for hydroxylation is 1. The van der Waals surface area contributed by atoms with Crippen molar-refractivity contribution in [2.45, 2.75) is 38.5 Å². The van der Waals surface area contributed by atoms with Crippen LogP contribution in [-0.4, -0.2) is 55.2 Å². The van der Waals surface area contributed by atoms with E-state index in [4.69, 9.17) is 4.74 Å². The smallest absolute Gasteiger partial charge is 0.272 e. The molecule has 2 unspecified atom stereocenters. The van der Waals surface area contributed by atoms with Crippen LogP contribution in [0, 0.1) is 12.7 Å². The molecule has 1 N–H and O–H groups in total. The molecule has 2 atom stereocenters. The minimum Gasteiger partial charge on any atom is -0.369 e. The number of carbonyl (C=O) groups excluding carboxylic acids is 1. The van der Waals surface area contributed by atoms with Gasteiger partial charge in [-0.15, -0.1) is 5.10 Å². The fourth-order valence-corrected chi connectivity index (χ4v) is 5.06. The van der Waals surface area contributed by atoms with Crippen LogP contribution in [0.2, 0.25) is 0 Å². The number of benzene rings is 2. The number of hydrogen-bond donors (Lipinski definition) is 1. The maximum absolute atomic E-state index is 14.8. The predicted octanol–water partition coefficient (Wildman–Crippen LogP) is 2.54. The van der Waals surface area contributed by atoms with Gasteiger partial charge in [-0.3, -0.25) is 9.59 Å². The first-order chi connectivity index (χ1) is 17.0. The monoisotopic (exact) mass is 474 g/mol. The topological polar surface area (TPSA) is 106 Å². The minimum atomic E-state index is -0.572. The van der Waals surface area contributed by atoms with E-state index < -0.39 is 5.82 Å². The van der Waals surface area contributed by atoms with E-state index in [9.17, 15) is 14.0 Å². The third-order valence-corrected chi connectivity index (χ3v) is 6.95. The Bertz CT molecular complexity index is 1510. The van der Waals surface area contributed by atoms with Crippen molar-refractivity contribution in [3.05, 3.63) is 86.8 Å². The molecule has 178 valence electrons. The third-order valence-electron chi connectivity index (χ3n) is 6.95. The lowest BCUT2D eigenvalue weighted by Crippen LogP contribution is -2.50. The number of rotatable bonds is 3. The van der Waals surface area contributed by atoms with Crippen LogP contribution >= 0.6 is 0 Å². The lowest BCUT2D eigenvalue weighted by atomic mass is 9.98. The molecule has 4 aromatic rings. The van der Waals surface area contributed by atoms with Crippen LogP contribution in [0.15, 0.2) is 47.3 Å². The van der Waals surface area contributed by atoms with Gasteiger partial charge in [-0.2, -0.15) is 5.10 Å². The zero-order valence-electron chi connectivity index (χ0n) is 19.1. The molecule has 2 aromatic heterocycles. The average molecular weight is 474 g/mol. The number of amides is 1. The highest BCUT2D eigenvalue weighted by molar-refractivity contribution is 5.95. The van der Waals surface area contributed by atoms with E-state index >= 15 is 0 Å². The second kappa shape index (κ2) is 8.38. The standard InChI is InChI=1S/C25H23FN6O3/c1-14-22-13-35-23-8-9-31(12-21(23)32(22)30-27-14)25(34)18-10-15(6-7-19(18)26)11-20-16-4-2-3-5-17(16)24(33)29-28-20/h2-7,10,21,23H,8-9,11-13H2,1H3,(H,29,33). The SMILES string of the molecule is Cc1nnn2c1COC1CCN(C(=O)c3cc(Cc4n[nH]c(=O)c5ccccc45)ccc3F)CC12. The summed E-state index contributed by atoms with van der Waals surface area (Å²) in [5, 5.41) is 16.4. The van der Waals surface area contributed by atoms with Crippen molar-refractivity contribution < 1.29 is 13.9 Å². The number of aromatic nitrogens is 5. The van der Waals surface area contributed by atoms with E-state index in [1.54, 1.807) is 29.2 Å². The number of hydrogen-bond acceptors (Lipinski definition) is 6. The summed E-state index contributed by atoms with van der Waals surface area (Å²) in [4.78, 5) is 27.2. The molecule has 0 radical (unpaired) electrons. The van der Waals surface area contributed by atoms with Crippen molar-refractivity contribution in [3.8, 4) is 0 Å². The molecule has 0 bridgehead atoms. The summed E-state index contributed by atoms with van der Waals surface area (Å²) in [6.07, 6.45) is 0.935. The third kappa shape index (κ3) is 3.70. The molecule has 1 amide bonds. The zero-order chi connectivity index (χ0) is 24.1. The summed E-state index contributed by atoms with van der Waals surface area (Å²) in [5.41, 5.74) is 2.86. The molecule has 10 heteroatoms. The van der Waals surface area contributed by atoms with E-state index in [0.29, 0.717) is 43.6 Å². The summed E-state index contributed by atoms with van der Waals surface area (Å²) in [7, 11) is 0. The first-order valence-corrected chi connectivity index (χ1v) is 11.6. The van der Waals surface area contributed by atoms with Gasteiger partial charge in [0.2, 0.25) is 0 Å². The van der Waals surface area contributed by atoms with E-state index in [0.717, 1.165) is 22.3 Å². The van der Waals surface area contributed by atoms with Gasteiger partial charge in [0.15, 0.2) is 0 Å². The molecule has 1 saturated heterocycles. The predicted molar refractivity (Wildman–Crippen MR) is 124 cm³/mol. The molecule has 0 saturated carbocycles. The number of halogens is 1. The van der Waals surface area contributed by atoms with Crippen molar-refractivity contribution in [2.75, 3.05) is 13.1 Å². The number of nitrogens with zero attached hydrogens (tertiary/aromatic N) is 5. The number of carbonyl (C=O) groups is 1. The second-order valence-electron chi connectivity index (χ2n) is 9.06. The van der Waals surface area contributed by atoms with Gasteiger partial charge in [0.1, 0.15) is 5.82 Å². The van der Waals surface area contributed by atoms with Crippen LogP contribution in [0.5, 0.6) is 0 Å². The number of likely N-dealkylation sites (tertiary alicyclic amines) is 1. The van der Waals surface area contributed by atoms with Crippen LogP contribution in [-0.2, 0) is 17.8 Å². The second-order valence-corrected chi connectivity index (χ2v) is 9.06. The van der Waals surface area contributed by atoms with Crippen molar-refractivity contribution in [3.63, 3.8) is 0 Å². The molecule has 0 spiro atoms. The molecular formula is C25H23FN6O3. The first kappa shape index (κ1) is 21.6. The average Bonchev–Trinajstić information content (AvgIpc) is 3.27. The summed E-state index contributed by atoms with van der Waals surface area (Å²) < 4.78 is 22.7. The largest absolute Gasteiger partial charge is 0.369 e. The Kier molecular flexibility index (Phi) is 5.18. The van der Waals surface area contributed by atoms with Gasteiger partial charge in [0.05, 0.1) is 46.8 Å². The quantitative estimate of drug-likeness (QED) is 0.489. The number of fused-ring (bicyclic) bond motifs is 4. The molecule has 9 nitrogen and oxygen atoms in total. The molecule has 2 aliphatic heterocycles. The molecular weight excluding hydrogens is 451 g/mol. The fraction of sp³-hybridized carbons (Fsp3) is 0.320. The van der Waals surface area contributed by atoms with E-state index in [1.165, 1.54) is 6.07 Å². The summed E-state index contributed by atoms with van der Waals surface area (Å²) in [6.45, 7) is 3.18. The molecule has 2 aliphatic rings. The van der Waals surface area contributed by atoms with Crippen LogP contribution < -0.4 is 5.56 Å². The Morgan fingerprint density at radius 2 is 2.06 bits per heavy atom. The Hall–Kier alpha value is -3.92. The van der Waals surface area contributed by atoms with Gasteiger partial charge >= 0.3 is 0 Å². The van der Waals surface area contributed by atoms with E-state index in [-0.39, 0.29) is 29.2 Å². The minimum absolute atomic E-state index is 0.0152. The lowest BCUT2D eigenvalue weighted by Gasteiger charge is -2.41. The Morgan fingerprint density at radius 3 is 2.91 bits per heavy atom. The Labute approximate surface area is 199 Å². The van der Waals surface area contributed by atoms with Gasteiger partial charge in [0, 0.05) is 24.9 Å². The normalized spacial score (nSPS) is 19.4.